The van der Waals surface area contributed by atoms with Crippen LogP contribution in [0.4, 0.5) is 4.79 Å². The van der Waals surface area contributed by atoms with Gasteiger partial charge in [-0.05, 0) is 124 Å². The van der Waals surface area contributed by atoms with E-state index in [1.165, 1.54) is 19.3 Å². The number of phenols is 1. The minimum atomic E-state index is -1.97. The van der Waals surface area contributed by atoms with Gasteiger partial charge in [-0.15, -0.1) is 0 Å². The first-order valence-electron chi connectivity index (χ1n) is 35.8. The number of piperidine rings is 2. The second-order valence-corrected chi connectivity index (χ2v) is 27.7. The molecular formula is C75H84N10O18. The number of carbonyl (C=O) groups excluding carboxylic acids is 10. The van der Waals surface area contributed by atoms with Gasteiger partial charge in [0.25, 0.3) is 11.1 Å². The van der Waals surface area contributed by atoms with Crippen molar-refractivity contribution in [2.24, 2.45) is 11.8 Å². The average molecular weight is 1410 g/mol. The second-order valence-electron chi connectivity index (χ2n) is 27.7. The lowest BCUT2D eigenvalue weighted by atomic mass is 9.85. The van der Waals surface area contributed by atoms with Crippen LogP contribution in [-0.4, -0.2) is 168 Å². The van der Waals surface area contributed by atoms with E-state index in [2.05, 4.69) is 15.5 Å². The number of aryl methyl sites for hydroxylation is 2. The summed E-state index contributed by atoms with van der Waals surface area (Å²) in [6.07, 6.45) is 6.63. The molecule has 28 nitrogen and oxygen atoms in total. The van der Waals surface area contributed by atoms with Gasteiger partial charge in [0.1, 0.15) is 31.3 Å². The third-order valence-corrected chi connectivity index (χ3v) is 21.6. The maximum Gasteiger partial charge on any atom is 0.415 e. The molecule has 4 saturated heterocycles. The molecule has 12 heterocycles. The third-order valence-electron chi connectivity index (χ3n) is 21.6. The zero-order valence-electron chi connectivity index (χ0n) is 58.7. The Bertz CT molecular complexity index is 4680. The van der Waals surface area contributed by atoms with Crippen molar-refractivity contribution in [1.82, 2.24) is 49.3 Å². The van der Waals surface area contributed by atoms with Gasteiger partial charge in [-0.2, -0.15) is 0 Å². The molecule has 542 valence electrons. The number of hydrogen-bond donors (Lipinski definition) is 3. The lowest BCUT2D eigenvalue weighted by molar-refractivity contribution is -0.189. The minimum absolute atomic E-state index is 0.00799. The molecule has 8 aliphatic rings. The average Bonchev–Trinajstić information content (AvgIpc) is 1.61. The van der Waals surface area contributed by atoms with E-state index in [4.69, 9.17) is 33.7 Å². The van der Waals surface area contributed by atoms with Crippen LogP contribution in [0.25, 0.3) is 44.6 Å². The Kier molecular flexibility index (Phi) is 20.0. The number of nitrogens with one attached hydrogen (secondary N) is 2. The van der Waals surface area contributed by atoms with Gasteiger partial charge in [-0.25, -0.2) is 24.4 Å². The van der Waals surface area contributed by atoms with Gasteiger partial charge in [0.2, 0.25) is 41.0 Å². The summed E-state index contributed by atoms with van der Waals surface area (Å²) in [5.74, 6) is -4.87. The SMILES string of the molecule is CCc1c2c(nc3ccc(O)cc13)-c1cc3c(c(=O)n1C2)COC(=O)[C@@]3(CC)OCCNC(=O)CCN1C(=O)CC(C)C1=O.CCc1c2c(nc3ccc(OC(=O)N4CCC(N5CCCCC5)CC4)cc13)-c1cc3c(c(=O)n1C2)COC(=O)[C@@]3(CC)OC(=O)CNC(=O)CCN1C(=O)CC(C)C1=O. The summed E-state index contributed by atoms with van der Waals surface area (Å²) < 4.78 is 32.1. The van der Waals surface area contributed by atoms with E-state index >= 15 is 0 Å². The third kappa shape index (κ3) is 13.1. The smallest absolute Gasteiger partial charge is 0.415 e. The number of phenolic OH excluding ortho intramolecular Hbond substituents is 1. The zero-order valence-corrected chi connectivity index (χ0v) is 58.7. The monoisotopic (exact) mass is 1410 g/mol. The number of nitrogens with zero attached hydrogens (tertiary/aromatic N) is 8. The molecule has 3 N–H and O–H groups in total. The maximum atomic E-state index is 14.2. The van der Waals surface area contributed by atoms with Crippen molar-refractivity contribution in [2.45, 2.75) is 169 Å². The number of aromatic hydroxyl groups is 1. The summed E-state index contributed by atoms with van der Waals surface area (Å²) in [4.78, 5) is 171. The Morgan fingerprint density at radius 3 is 1.66 bits per heavy atom. The summed E-state index contributed by atoms with van der Waals surface area (Å²) >= 11 is 0. The van der Waals surface area contributed by atoms with E-state index in [1.54, 1.807) is 84.2 Å². The van der Waals surface area contributed by atoms with E-state index < -0.39 is 53.0 Å². The van der Waals surface area contributed by atoms with Crippen LogP contribution in [0.15, 0.2) is 58.1 Å². The maximum absolute atomic E-state index is 14.2. The summed E-state index contributed by atoms with van der Waals surface area (Å²) in [6.45, 7) is 13.7. The molecule has 4 atom stereocenters. The number of pyridine rings is 4. The van der Waals surface area contributed by atoms with Crippen molar-refractivity contribution in [1.29, 1.82) is 0 Å². The van der Waals surface area contributed by atoms with Crippen LogP contribution < -0.4 is 26.5 Å². The van der Waals surface area contributed by atoms with Crippen molar-refractivity contribution in [3.8, 4) is 34.3 Å². The summed E-state index contributed by atoms with van der Waals surface area (Å²) in [5.41, 5.74) is 4.15. The first kappa shape index (κ1) is 71.2. The van der Waals surface area contributed by atoms with Crippen LogP contribution in [0, 0.1) is 11.8 Å². The molecule has 0 saturated carbocycles. The number of hydrogen-bond acceptors (Lipinski definition) is 21. The number of amides is 7. The van der Waals surface area contributed by atoms with Crippen LogP contribution >= 0.6 is 0 Å². The van der Waals surface area contributed by atoms with E-state index in [-0.39, 0.29) is 149 Å². The zero-order chi connectivity index (χ0) is 72.9. The molecule has 28 heteroatoms. The molecule has 8 aliphatic heterocycles. The highest BCUT2D eigenvalue weighted by atomic mass is 16.6. The van der Waals surface area contributed by atoms with Crippen LogP contribution in [0.5, 0.6) is 11.5 Å². The number of rotatable bonds is 19. The summed E-state index contributed by atoms with van der Waals surface area (Å²) in [6, 6.07) is 14.3. The molecule has 4 aromatic heterocycles. The Morgan fingerprint density at radius 1 is 0.621 bits per heavy atom. The number of esters is 3. The van der Waals surface area contributed by atoms with Crippen LogP contribution in [0.2, 0.25) is 0 Å². The van der Waals surface area contributed by atoms with Gasteiger partial charge in [0.15, 0.2) is 5.60 Å². The van der Waals surface area contributed by atoms with Gasteiger partial charge in [0.05, 0.1) is 64.6 Å². The van der Waals surface area contributed by atoms with Crippen LogP contribution in [0.3, 0.4) is 0 Å². The number of ether oxygens (including phenoxy) is 5. The first-order valence-corrected chi connectivity index (χ1v) is 35.8. The molecule has 0 bridgehead atoms. The van der Waals surface area contributed by atoms with Gasteiger partial charge >= 0.3 is 24.0 Å². The van der Waals surface area contributed by atoms with Crippen LogP contribution in [0.1, 0.15) is 157 Å². The highest BCUT2D eigenvalue weighted by Crippen LogP contribution is 2.45. The van der Waals surface area contributed by atoms with Gasteiger partial charge in [-0.3, -0.25) is 53.0 Å². The van der Waals surface area contributed by atoms with Crippen molar-refractivity contribution >= 4 is 81.3 Å². The normalized spacial score (nSPS) is 21.3. The topological polar surface area (TPSA) is 344 Å². The van der Waals surface area contributed by atoms with Crippen LogP contribution in [-0.2, 0) is 112 Å². The molecule has 0 spiro atoms. The lowest BCUT2D eigenvalue weighted by Crippen LogP contribution is -2.48. The van der Waals surface area contributed by atoms with Crippen molar-refractivity contribution in [2.75, 3.05) is 59.0 Å². The molecule has 2 unspecified atom stereocenters. The second kappa shape index (κ2) is 28.9. The van der Waals surface area contributed by atoms with Crippen molar-refractivity contribution in [3.05, 3.63) is 114 Å². The van der Waals surface area contributed by atoms with Gasteiger partial charge in [0, 0.05) is 109 Å². The van der Waals surface area contributed by atoms with Gasteiger partial charge < -0.3 is 58.4 Å². The fourth-order valence-electron chi connectivity index (χ4n) is 16.0. The number of imide groups is 2. The number of likely N-dealkylation sites (tertiary alicyclic amines) is 4. The predicted octanol–water partition coefficient (Wildman–Crippen LogP) is 5.82. The molecule has 103 heavy (non-hydrogen) atoms. The minimum Gasteiger partial charge on any atom is -0.508 e. The van der Waals surface area contributed by atoms with E-state index in [1.807, 2.05) is 19.9 Å². The quantitative estimate of drug-likeness (QED) is 0.0372. The fourth-order valence-corrected chi connectivity index (χ4v) is 16.0. The predicted molar refractivity (Wildman–Crippen MR) is 369 cm³/mol. The number of cyclic esters (lactones) is 2. The van der Waals surface area contributed by atoms with Gasteiger partial charge in [-0.1, -0.05) is 48.0 Å². The number of benzene rings is 2. The molecule has 6 aromatic rings. The Morgan fingerprint density at radius 2 is 1.14 bits per heavy atom. The molecule has 7 amide bonds. The number of aromatic nitrogens is 4. The summed E-state index contributed by atoms with van der Waals surface area (Å²) in [5, 5.41) is 16.9. The Labute approximate surface area is 592 Å². The molecule has 0 radical (unpaired) electrons. The molecular weight excluding hydrogens is 1330 g/mol. The molecule has 2 aromatic carbocycles. The molecule has 4 fully saturated rings. The van der Waals surface area contributed by atoms with E-state index in [0.717, 1.165) is 68.8 Å². The first-order chi connectivity index (χ1) is 49.5. The van der Waals surface area contributed by atoms with E-state index in [9.17, 15) is 62.6 Å². The Balaban J connectivity index is 0.000000191. The summed E-state index contributed by atoms with van der Waals surface area (Å²) in [7, 11) is 0. The number of carbonyl (C=O) groups is 10. The number of fused-ring (bicyclic) bond motifs is 10. The van der Waals surface area contributed by atoms with E-state index in [0.29, 0.717) is 89.2 Å². The largest absolute Gasteiger partial charge is 0.508 e. The molecule has 0 aliphatic carbocycles. The highest BCUT2D eigenvalue weighted by molar-refractivity contribution is 6.04. The standard InChI is InChI=1S/C43H50N6O10.C32H34N4O8/c1-4-28-29-20-27(58-42(56)47-16-11-26(12-17-47)46-14-7-6-8-15-46)9-10-33(29)45-38-30(28)23-49-34(38)21-32-31(40(49)54)24-57-41(55)43(32,5-2)59-37(52)22-44-35(50)13-18-48-36(51)19-25(3)39(48)53;1-4-19-20-13-18(37)6-7-24(20)34-28-21(19)15-36-25(28)14-23-22(30(36)41)16-43-31(42)32(23,5-2)44-11-9-33-26(38)8-10-35-27(39)12-17(3)29(35)40/h9-10,20-21,25-26H,4-8,11-19,22-24H2,1-3H3,(H,44,50);6-7,13-14,17,37H,4-5,8-12,15-16H2,1-3H3,(H,33,38)/t25?,43-;17?,32-/m00/s1. The van der Waals surface area contributed by atoms with Crippen molar-refractivity contribution < 1.29 is 76.7 Å². The van der Waals surface area contributed by atoms with Crippen molar-refractivity contribution in [3.63, 3.8) is 0 Å². The Hall–Kier alpha value is -10.2. The fraction of sp³-hybridized carbons (Fsp3) is 0.493. The molecule has 14 rings (SSSR count). The highest BCUT2D eigenvalue weighted by Gasteiger charge is 2.52. The lowest BCUT2D eigenvalue weighted by Gasteiger charge is -2.39.